The van der Waals surface area contributed by atoms with E-state index in [1.807, 2.05) is 36.1 Å². The smallest absolute Gasteiger partial charge is 0.254 e. The zero-order chi connectivity index (χ0) is 14.1. The van der Waals surface area contributed by atoms with Crippen LogP contribution in [0.25, 0.3) is 10.9 Å². The van der Waals surface area contributed by atoms with Gasteiger partial charge >= 0.3 is 0 Å². The maximum absolute atomic E-state index is 12.7. The van der Waals surface area contributed by atoms with Crippen LogP contribution >= 0.6 is 0 Å². The molecule has 1 amide bonds. The van der Waals surface area contributed by atoms with Crippen LogP contribution in [0.1, 0.15) is 30.1 Å². The van der Waals surface area contributed by atoms with Crippen molar-refractivity contribution >= 4 is 22.6 Å². The Labute approximate surface area is 118 Å². The Morgan fingerprint density at radius 1 is 1.40 bits per heavy atom. The summed E-state index contributed by atoms with van der Waals surface area (Å²) in [5.41, 5.74) is 7.27. The van der Waals surface area contributed by atoms with Crippen LogP contribution in [0.15, 0.2) is 30.3 Å². The molecule has 0 radical (unpaired) electrons. The van der Waals surface area contributed by atoms with E-state index in [1.54, 1.807) is 6.07 Å². The number of pyridine rings is 1. The molecule has 0 bridgehead atoms. The number of hydrogen-bond donors (Lipinski definition) is 1. The summed E-state index contributed by atoms with van der Waals surface area (Å²) in [6.45, 7) is 3.60. The fraction of sp³-hybridized carbons (Fsp3) is 0.375. The fourth-order valence-corrected chi connectivity index (χ4v) is 2.51. The van der Waals surface area contributed by atoms with Crippen molar-refractivity contribution in [3.05, 3.63) is 35.9 Å². The molecular formula is C16H19N3O. The van der Waals surface area contributed by atoms with E-state index in [1.165, 1.54) is 12.8 Å². The summed E-state index contributed by atoms with van der Waals surface area (Å²) in [5.74, 6) is 1.14. The molecule has 2 aromatic rings. The van der Waals surface area contributed by atoms with Crippen LogP contribution in [0.2, 0.25) is 0 Å². The Kier molecular flexibility index (Phi) is 3.30. The van der Waals surface area contributed by atoms with Gasteiger partial charge in [-0.3, -0.25) is 4.79 Å². The summed E-state index contributed by atoms with van der Waals surface area (Å²) < 4.78 is 0. The molecule has 0 saturated heterocycles. The summed E-state index contributed by atoms with van der Waals surface area (Å²) in [6, 6.07) is 9.35. The molecule has 0 aliphatic heterocycles. The lowest BCUT2D eigenvalue weighted by Gasteiger charge is -2.21. The number of nitrogen functional groups attached to an aromatic ring is 1. The molecule has 104 valence electrons. The topological polar surface area (TPSA) is 59.2 Å². The fourth-order valence-electron chi connectivity index (χ4n) is 2.51. The molecule has 0 unspecified atom stereocenters. The van der Waals surface area contributed by atoms with Crippen LogP contribution in [0.5, 0.6) is 0 Å². The molecule has 1 aliphatic carbocycles. The molecular weight excluding hydrogens is 250 g/mol. The average molecular weight is 269 g/mol. The molecule has 0 spiro atoms. The van der Waals surface area contributed by atoms with Crippen molar-refractivity contribution in [2.45, 2.75) is 19.8 Å². The summed E-state index contributed by atoms with van der Waals surface area (Å²) in [4.78, 5) is 18.9. The third-order valence-corrected chi connectivity index (χ3v) is 3.81. The normalized spacial score (nSPS) is 14.4. The minimum Gasteiger partial charge on any atom is -0.384 e. The van der Waals surface area contributed by atoms with Crippen LogP contribution < -0.4 is 5.73 Å². The number of para-hydroxylation sites is 1. The molecule has 1 fully saturated rings. The van der Waals surface area contributed by atoms with Gasteiger partial charge in [0.25, 0.3) is 5.91 Å². The second-order valence-corrected chi connectivity index (χ2v) is 5.40. The van der Waals surface area contributed by atoms with Crippen molar-refractivity contribution in [3.8, 4) is 0 Å². The molecule has 1 saturated carbocycles. The highest BCUT2D eigenvalue weighted by Crippen LogP contribution is 2.30. The number of carbonyl (C=O) groups excluding carboxylic acids is 1. The van der Waals surface area contributed by atoms with E-state index in [-0.39, 0.29) is 5.91 Å². The van der Waals surface area contributed by atoms with E-state index in [0.717, 1.165) is 24.0 Å². The second kappa shape index (κ2) is 5.12. The van der Waals surface area contributed by atoms with Crippen molar-refractivity contribution in [1.29, 1.82) is 0 Å². The van der Waals surface area contributed by atoms with E-state index in [0.29, 0.717) is 17.3 Å². The van der Waals surface area contributed by atoms with Crippen molar-refractivity contribution in [2.75, 3.05) is 18.8 Å². The molecule has 3 rings (SSSR count). The van der Waals surface area contributed by atoms with Gasteiger partial charge in [0.05, 0.1) is 11.1 Å². The molecule has 4 nitrogen and oxygen atoms in total. The van der Waals surface area contributed by atoms with E-state index in [2.05, 4.69) is 4.98 Å². The lowest BCUT2D eigenvalue weighted by molar-refractivity contribution is 0.0759. The minimum atomic E-state index is 0.0599. The van der Waals surface area contributed by atoms with Crippen LogP contribution in [0, 0.1) is 5.92 Å². The molecule has 0 atom stereocenters. The minimum absolute atomic E-state index is 0.0599. The monoisotopic (exact) mass is 269 g/mol. The lowest BCUT2D eigenvalue weighted by atomic mass is 10.1. The summed E-state index contributed by atoms with van der Waals surface area (Å²) in [5, 5.41) is 0.876. The number of anilines is 1. The van der Waals surface area contributed by atoms with Crippen molar-refractivity contribution in [1.82, 2.24) is 9.88 Å². The van der Waals surface area contributed by atoms with Gasteiger partial charge < -0.3 is 10.6 Å². The SMILES string of the molecule is CCN(CC1CC1)C(=O)c1cc(N)nc2ccccc12. The Hall–Kier alpha value is -2.10. The zero-order valence-corrected chi connectivity index (χ0v) is 11.7. The largest absolute Gasteiger partial charge is 0.384 e. The molecule has 1 aromatic heterocycles. The van der Waals surface area contributed by atoms with Gasteiger partial charge in [-0.15, -0.1) is 0 Å². The van der Waals surface area contributed by atoms with Gasteiger partial charge in [-0.1, -0.05) is 18.2 Å². The number of amides is 1. The number of fused-ring (bicyclic) bond motifs is 1. The summed E-state index contributed by atoms with van der Waals surface area (Å²) >= 11 is 0. The molecule has 20 heavy (non-hydrogen) atoms. The Bertz CT molecular complexity index is 649. The molecule has 1 heterocycles. The van der Waals surface area contributed by atoms with E-state index in [9.17, 15) is 4.79 Å². The quantitative estimate of drug-likeness (QED) is 0.928. The number of hydrogen-bond acceptors (Lipinski definition) is 3. The first-order valence-electron chi connectivity index (χ1n) is 7.13. The first-order chi connectivity index (χ1) is 9.69. The lowest BCUT2D eigenvalue weighted by Crippen LogP contribution is -2.33. The maximum Gasteiger partial charge on any atom is 0.254 e. The number of aromatic nitrogens is 1. The highest BCUT2D eigenvalue weighted by molar-refractivity contribution is 6.06. The third kappa shape index (κ3) is 2.46. The molecule has 4 heteroatoms. The Morgan fingerprint density at radius 2 is 2.15 bits per heavy atom. The van der Waals surface area contributed by atoms with Gasteiger partial charge in [0, 0.05) is 18.5 Å². The third-order valence-electron chi connectivity index (χ3n) is 3.81. The van der Waals surface area contributed by atoms with Gasteiger partial charge in [0.1, 0.15) is 5.82 Å². The maximum atomic E-state index is 12.7. The summed E-state index contributed by atoms with van der Waals surface area (Å²) in [6.07, 6.45) is 2.48. The number of rotatable bonds is 4. The number of benzene rings is 1. The van der Waals surface area contributed by atoms with E-state index in [4.69, 9.17) is 5.73 Å². The van der Waals surface area contributed by atoms with Gasteiger partial charge in [0.15, 0.2) is 0 Å². The molecule has 2 N–H and O–H groups in total. The Balaban J connectivity index is 2.00. The number of carbonyl (C=O) groups is 1. The first-order valence-corrected chi connectivity index (χ1v) is 7.13. The van der Waals surface area contributed by atoms with E-state index >= 15 is 0 Å². The van der Waals surface area contributed by atoms with Gasteiger partial charge in [-0.2, -0.15) is 0 Å². The standard InChI is InChI=1S/C16H19N3O/c1-2-19(10-11-7-8-11)16(20)13-9-15(17)18-14-6-4-3-5-12(13)14/h3-6,9,11H,2,7-8,10H2,1H3,(H2,17,18). The first kappa shape index (κ1) is 12.9. The molecule has 1 aliphatic rings. The second-order valence-electron chi connectivity index (χ2n) is 5.40. The number of nitrogens with two attached hydrogens (primary N) is 1. The van der Waals surface area contributed by atoms with Crippen LogP contribution in [-0.4, -0.2) is 28.9 Å². The highest BCUT2D eigenvalue weighted by atomic mass is 16.2. The van der Waals surface area contributed by atoms with Gasteiger partial charge in [-0.25, -0.2) is 4.98 Å². The van der Waals surface area contributed by atoms with Crippen LogP contribution in [-0.2, 0) is 0 Å². The van der Waals surface area contributed by atoms with Gasteiger partial charge in [0.2, 0.25) is 0 Å². The summed E-state index contributed by atoms with van der Waals surface area (Å²) in [7, 11) is 0. The predicted octanol–water partition coefficient (Wildman–Crippen LogP) is 2.69. The average Bonchev–Trinajstić information content (AvgIpc) is 3.27. The Morgan fingerprint density at radius 3 is 2.85 bits per heavy atom. The van der Waals surface area contributed by atoms with Crippen molar-refractivity contribution in [3.63, 3.8) is 0 Å². The van der Waals surface area contributed by atoms with Crippen LogP contribution in [0.3, 0.4) is 0 Å². The van der Waals surface area contributed by atoms with E-state index < -0.39 is 0 Å². The van der Waals surface area contributed by atoms with Gasteiger partial charge in [-0.05, 0) is 37.8 Å². The molecule has 1 aromatic carbocycles. The van der Waals surface area contributed by atoms with Crippen LogP contribution in [0.4, 0.5) is 5.82 Å². The highest BCUT2D eigenvalue weighted by Gasteiger charge is 2.27. The predicted molar refractivity (Wildman–Crippen MR) is 80.5 cm³/mol. The zero-order valence-electron chi connectivity index (χ0n) is 11.7. The van der Waals surface area contributed by atoms with Crippen molar-refractivity contribution in [2.24, 2.45) is 5.92 Å². The number of nitrogens with zero attached hydrogens (tertiary/aromatic N) is 2. The van der Waals surface area contributed by atoms with Crippen molar-refractivity contribution < 1.29 is 4.79 Å².